The Kier molecular flexibility index (Phi) is 3.86. The van der Waals surface area contributed by atoms with Crippen LogP contribution in [0.1, 0.15) is 28.5 Å². The maximum atomic E-state index is 12.4. The van der Waals surface area contributed by atoms with E-state index in [2.05, 4.69) is 20.6 Å². The molecule has 2 aromatic heterocycles. The highest BCUT2D eigenvalue weighted by Crippen LogP contribution is 2.24. The molecule has 8 heteroatoms. The molecule has 0 radical (unpaired) electrons. The quantitative estimate of drug-likeness (QED) is 0.799. The number of hydrogen-bond donors (Lipinski definition) is 1. The topological polar surface area (TPSA) is 81.9 Å². The molecule has 3 aromatic rings. The summed E-state index contributed by atoms with van der Waals surface area (Å²) in [4.78, 5) is 12.4. The average Bonchev–Trinajstić information content (AvgIpc) is 3.12. The van der Waals surface area contributed by atoms with Crippen LogP contribution in [0.2, 0.25) is 0 Å². The third-order valence-corrected chi connectivity index (χ3v) is 4.34. The lowest BCUT2D eigenvalue weighted by Gasteiger charge is -2.02. The van der Waals surface area contributed by atoms with Crippen molar-refractivity contribution in [1.82, 2.24) is 20.0 Å². The molecule has 1 atom stereocenters. The smallest absolute Gasteiger partial charge is 0.278 e. The van der Waals surface area contributed by atoms with Gasteiger partial charge in [0, 0.05) is 19.5 Å². The molecular weight excluding hydrogens is 302 g/mol. The summed E-state index contributed by atoms with van der Waals surface area (Å²) in [6, 6.07) is 7.58. The Morgan fingerprint density at radius 1 is 1.36 bits per heavy atom. The number of aromatic nitrogens is 4. The Balaban J connectivity index is 1.86. The number of hydrogen-bond acceptors (Lipinski definition) is 6. The summed E-state index contributed by atoms with van der Waals surface area (Å²) in [6.45, 7) is 1.87. The summed E-state index contributed by atoms with van der Waals surface area (Å²) < 4.78 is 6.86. The molecule has 1 aromatic carbocycles. The molecule has 0 saturated carbocycles. The van der Waals surface area contributed by atoms with Gasteiger partial charge in [-0.3, -0.25) is 14.8 Å². The van der Waals surface area contributed by atoms with E-state index >= 15 is 0 Å². The Hall–Kier alpha value is -2.32. The number of fused-ring (bicyclic) bond motifs is 1. The van der Waals surface area contributed by atoms with Crippen molar-refractivity contribution < 1.29 is 9.53 Å². The van der Waals surface area contributed by atoms with Gasteiger partial charge in [-0.15, -0.1) is 10.2 Å². The number of para-hydroxylation sites is 1. The summed E-state index contributed by atoms with van der Waals surface area (Å²) in [5.41, 5.74) is 1.27. The minimum absolute atomic E-state index is 0.154. The van der Waals surface area contributed by atoms with E-state index in [0.29, 0.717) is 15.8 Å². The molecule has 1 amide bonds. The maximum Gasteiger partial charge on any atom is 0.278 e. The summed E-state index contributed by atoms with van der Waals surface area (Å²) >= 11 is 1.29. The van der Waals surface area contributed by atoms with Gasteiger partial charge in [0.1, 0.15) is 11.1 Å². The standard InChI is InChI=1S/C14H15N5O2S/c1-8(21-3)13-16-17-14(22-13)15-12(20)11-9-6-4-5-7-10(9)19(2)18-11/h4-8H,1-3H3,(H,15,17,20). The molecule has 0 spiro atoms. The van der Waals surface area contributed by atoms with Crippen LogP contribution in [-0.4, -0.2) is 33.0 Å². The van der Waals surface area contributed by atoms with Crippen molar-refractivity contribution in [3.05, 3.63) is 35.0 Å². The van der Waals surface area contributed by atoms with Gasteiger partial charge >= 0.3 is 0 Å². The third-order valence-electron chi connectivity index (χ3n) is 3.34. The molecule has 0 aliphatic heterocycles. The predicted molar refractivity (Wildman–Crippen MR) is 84.0 cm³/mol. The lowest BCUT2D eigenvalue weighted by atomic mass is 10.2. The van der Waals surface area contributed by atoms with Gasteiger partial charge in [0.2, 0.25) is 5.13 Å². The second-order valence-electron chi connectivity index (χ2n) is 4.77. The molecule has 22 heavy (non-hydrogen) atoms. The van der Waals surface area contributed by atoms with Gasteiger partial charge in [-0.1, -0.05) is 29.5 Å². The van der Waals surface area contributed by atoms with E-state index in [1.54, 1.807) is 11.8 Å². The lowest BCUT2D eigenvalue weighted by Crippen LogP contribution is -2.13. The van der Waals surface area contributed by atoms with Gasteiger partial charge in [0.05, 0.1) is 5.52 Å². The molecule has 3 rings (SSSR count). The predicted octanol–water partition coefficient (Wildman–Crippen LogP) is 2.38. The van der Waals surface area contributed by atoms with Crippen molar-refractivity contribution in [1.29, 1.82) is 0 Å². The fourth-order valence-electron chi connectivity index (χ4n) is 2.09. The van der Waals surface area contributed by atoms with Crippen molar-refractivity contribution >= 4 is 33.3 Å². The van der Waals surface area contributed by atoms with E-state index in [4.69, 9.17) is 4.74 Å². The van der Waals surface area contributed by atoms with Crippen LogP contribution in [0.25, 0.3) is 10.9 Å². The van der Waals surface area contributed by atoms with E-state index in [9.17, 15) is 4.79 Å². The van der Waals surface area contributed by atoms with Crippen LogP contribution in [0, 0.1) is 0 Å². The number of amides is 1. The normalized spacial score (nSPS) is 12.5. The Bertz CT molecular complexity index is 826. The monoisotopic (exact) mass is 317 g/mol. The van der Waals surface area contributed by atoms with Crippen LogP contribution in [0.5, 0.6) is 0 Å². The Morgan fingerprint density at radius 2 is 2.14 bits per heavy atom. The number of benzene rings is 1. The summed E-state index contributed by atoms with van der Waals surface area (Å²) in [5, 5.41) is 16.9. The van der Waals surface area contributed by atoms with E-state index in [1.807, 2.05) is 38.2 Å². The molecular formula is C14H15N5O2S. The number of ether oxygens (including phenoxy) is 1. The highest BCUT2D eigenvalue weighted by Gasteiger charge is 2.18. The Labute approximate surface area is 130 Å². The minimum Gasteiger partial charge on any atom is -0.374 e. The number of methoxy groups -OCH3 is 1. The number of nitrogens with zero attached hydrogens (tertiary/aromatic N) is 4. The van der Waals surface area contributed by atoms with E-state index < -0.39 is 0 Å². The zero-order valence-electron chi connectivity index (χ0n) is 12.4. The van der Waals surface area contributed by atoms with E-state index in [0.717, 1.165) is 10.9 Å². The molecule has 7 nitrogen and oxygen atoms in total. The fraction of sp³-hybridized carbons (Fsp3) is 0.286. The van der Waals surface area contributed by atoms with Gasteiger partial charge < -0.3 is 4.74 Å². The largest absolute Gasteiger partial charge is 0.374 e. The van der Waals surface area contributed by atoms with Gasteiger partial charge in [-0.2, -0.15) is 5.10 Å². The van der Waals surface area contributed by atoms with Gasteiger partial charge in [-0.05, 0) is 13.0 Å². The highest BCUT2D eigenvalue weighted by molar-refractivity contribution is 7.15. The molecule has 0 aliphatic carbocycles. The molecule has 0 fully saturated rings. The molecule has 0 bridgehead atoms. The first-order valence-corrected chi connectivity index (χ1v) is 7.51. The van der Waals surface area contributed by atoms with Crippen molar-refractivity contribution in [2.24, 2.45) is 7.05 Å². The molecule has 1 N–H and O–H groups in total. The van der Waals surface area contributed by atoms with Crippen molar-refractivity contribution in [3.8, 4) is 0 Å². The van der Waals surface area contributed by atoms with Crippen molar-refractivity contribution in [2.75, 3.05) is 12.4 Å². The average molecular weight is 317 g/mol. The molecule has 0 saturated heterocycles. The van der Waals surface area contributed by atoms with Crippen LogP contribution < -0.4 is 5.32 Å². The summed E-state index contributed by atoms with van der Waals surface area (Å²) in [5.74, 6) is -0.301. The fourth-order valence-corrected chi connectivity index (χ4v) is 2.86. The van der Waals surface area contributed by atoms with Gasteiger partial charge in [0.15, 0.2) is 5.69 Å². The second-order valence-corrected chi connectivity index (χ2v) is 5.78. The van der Waals surface area contributed by atoms with E-state index in [1.165, 1.54) is 11.3 Å². The zero-order chi connectivity index (χ0) is 15.7. The van der Waals surface area contributed by atoms with E-state index in [-0.39, 0.29) is 12.0 Å². The summed E-state index contributed by atoms with van der Waals surface area (Å²) in [7, 11) is 3.41. The first kappa shape index (κ1) is 14.6. The number of carbonyl (C=O) groups excluding carboxylic acids is 1. The number of carbonyl (C=O) groups is 1. The maximum absolute atomic E-state index is 12.4. The van der Waals surface area contributed by atoms with Crippen LogP contribution in [0.3, 0.4) is 0 Å². The second kappa shape index (κ2) is 5.82. The van der Waals surface area contributed by atoms with Gasteiger partial charge in [0.25, 0.3) is 5.91 Å². The molecule has 0 aliphatic rings. The summed E-state index contributed by atoms with van der Waals surface area (Å²) in [6.07, 6.45) is -0.154. The SMILES string of the molecule is COC(C)c1nnc(NC(=O)c2nn(C)c3ccccc23)s1. The lowest BCUT2D eigenvalue weighted by molar-refractivity contribution is 0.102. The minimum atomic E-state index is -0.301. The molecule has 1 unspecified atom stereocenters. The number of aryl methyl sites for hydroxylation is 1. The van der Waals surface area contributed by atoms with Crippen LogP contribution in [0.15, 0.2) is 24.3 Å². The van der Waals surface area contributed by atoms with Gasteiger partial charge in [-0.25, -0.2) is 0 Å². The van der Waals surface area contributed by atoms with Crippen LogP contribution in [-0.2, 0) is 11.8 Å². The van der Waals surface area contributed by atoms with Crippen LogP contribution >= 0.6 is 11.3 Å². The number of rotatable bonds is 4. The van der Waals surface area contributed by atoms with Crippen molar-refractivity contribution in [3.63, 3.8) is 0 Å². The first-order valence-electron chi connectivity index (χ1n) is 6.69. The number of nitrogens with one attached hydrogen (secondary N) is 1. The molecule has 2 heterocycles. The zero-order valence-corrected chi connectivity index (χ0v) is 13.2. The highest BCUT2D eigenvalue weighted by atomic mass is 32.1. The third kappa shape index (κ3) is 2.58. The Morgan fingerprint density at radius 3 is 2.91 bits per heavy atom. The molecule has 114 valence electrons. The number of anilines is 1. The first-order chi connectivity index (χ1) is 10.6. The van der Waals surface area contributed by atoms with Crippen LogP contribution in [0.4, 0.5) is 5.13 Å². The van der Waals surface area contributed by atoms with Crippen molar-refractivity contribution in [2.45, 2.75) is 13.0 Å².